The number of nitrogens with zero attached hydrogens (tertiary/aromatic N) is 1. The molecule has 1 unspecified atom stereocenters. The van der Waals surface area contributed by atoms with E-state index in [1.165, 1.54) is 7.11 Å². The Kier molecular flexibility index (Phi) is 8.80. The number of carbonyl (C=O) groups is 3. The van der Waals surface area contributed by atoms with Crippen LogP contribution in [0, 0.1) is 6.92 Å². The SMILES string of the molecule is CCOC(=O)c1c(NC(=O)CN(Cc2cccs2)CC2CCCO2)sc(C(=O)OC)c1C. The Hall–Kier alpha value is -2.27. The molecule has 3 heterocycles. The molecule has 1 saturated heterocycles. The van der Waals surface area contributed by atoms with E-state index in [0.29, 0.717) is 23.7 Å². The second-order valence-electron chi connectivity index (χ2n) is 7.40. The van der Waals surface area contributed by atoms with E-state index in [1.54, 1.807) is 25.2 Å². The fourth-order valence-corrected chi connectivity index (χ4v) is 5.47. The highest BCUT2D eigenvalue weighted by Crippen LogP contribution is 2.34. The summed E-state index contributed by atoms with van der Waals surface area (Å²) in [5, 5.41) is 5.12. The van der Waals surface area contributed by atoms with Gasteiger partial charge in [0.1, 0.15) is 9.88 Å². The third-order valence-corrected chi connectivity index (χ3v) is 7.11. The zero-order valence-corrected chi connectivity index (χ0v) is 20.1. The first-order valence-electron chi connectivity index (χ1n) is 10.5. The molecule has 1 amide bonds. The summed E-state index contributed by atoms with van der Waals surface area (Å²) in [7, 11) is 1.28. The van der Waals surface area contributed by atoms with Crippen LogP contribution in [-0.2, 0) is 25.5 Å². The van der Waals surface area contributed by atoms with Crippen LogP contribution in [0.3, 0.4) is 0 Å². The molecule has 174 valence electrons. The van der Waals surface area contributed by atoms with Crippen molar-refractivity contribution in [2.75, 3.05) is 38.7 Å². The average Bonchev–Trinajstić information content (AvgIpc) is 3.50. The van der Waals surface area contributed by atoms with Crippen molar-refractivity contribution in [1.29, 1.82) is 0 Å². The van der Waals surface area contributed by atoms with Gasteiger partial charge in [-0.15, -0.1) is 22.7 Å². The number of rotatable bonds is 10. The molecule has 2 aromatic heterocycles. The number of carbonyl (C=O) groups excluding carboxylic acids is 3. The number of amides is 1. The zero-order chi connectivity index (χ0) is 23.1. The molecule has 1 atom stereocenters. The van der Waals surface area contributed by atoms with E-state index >= 15 is 0 Å². The highest BCUT2D eigenvalue weighted by molar-refractivity contribution is 7.18. The second kappa shape index (κ2) is 11.6. The molecule has 1 fully saturated rings. The van der Waals surface area contributed by atoms with Gasteiger partial charge in [0.2, 0.25) is 5.91 Å². The Morgan fingerprint density at radius 2 is 2.12 bits per heavy atom. The Morgan fingerprint density at radius 3 is 2.75 bits per heavy atom. The number of esters is 2. The van der Waals surface area contributed by atoms with Gasteiger partial charge in [-0.2, -0.15) is 0 Å². The van der Waals surface area contributed by atoms with Gasteiger partial charge in [-0.3, -0.25) is 9.69 Å². The van der Waals surface area contributed by atoms with E-state index in [9.17, 15) is 14.4 Å². The average molecular weight is 481 g/mol. The maximum atomic E-state index is 13.0. The van der Waals surface area contributed by atoms with Crippen molar-refractivity contribution in [1.82, 2.24) is 4.90 Å². The lowest BCUT2D eigenvalue weighted by Crippen LogP contribution is -2.37. The molecule has 0 aromatic carbocycles. The molecule has 1 aliphatic heterocycles. The molecule has 10 heteroatoms. The Morgan fingerprint density at radius 1 is 1.31 bits per heavy atom. The largest absolute Gasteiger partial charge is 0.465 e. The Labute approximate surface area is 195 Å². The monoisotopic (exact) mass is 480 g/mol. The van der Waals surface area contributed by atoms with Gasteiger partial charge >= 0.3 is 11.9 Å². The standard InChI is InChI=1S/C22H28N2O6S2/c1-4-29-21(26)18-14(2)19(22(27)28-3)32-20(18)23-17(25)13-24(11-15-7-5-9-30-15)12-16-8-6-10-31-16/h6,8,10,15H,4-5,7,9,11-13H2,1-3H3,(H,23,25). The first-order chi connectivity index (χ1) is 15.4. The maximum Gasteiger partial charge on any atom is 0.348 e. The van der Waals surface area contributed by atoms with E-state index in [-0.39, 0.29) is 35.6 Å². The molecule has 0 spiro atoms. The van der Waals surface area contributed by atoms with Crippen LogP contribution in [-0.4, -0.2) is 62.3 Å². The number of ether oxygens (including phenoxy) is 3. The van der Waals surface area contributed by atoms with Crippen molar-refractivity contribution in [3.63, 3.8) is 0 Å². The third-order valence-electron chi connectivity index (χ3n) is 5.06. The van der Waals surface area contributed by atoms with Gasteiger partial charge in [0.25, 0.3) is 0 Å². The minimum atomic E-state index is -0.582. The van der Waals surface area contributed by atoms with Crippen molar-refractivity contribution >= 4 is 45.5 Å². The summed E-state index contributed by atoms with van der Waals surface area (Å²) >= 11 is 2.66. The smallest absolute Gasteiger partial charge is 0.348 e. The molecule has 8 nitrogen and oxygen atoms in total. The van der Waals surface area contributed by atoms with E-state index < -0.39 is 11.9 Å². The first kappa shape index (κ1) is 24.4. The normalized spacial score (nSPS) is 15.7. The molecule has 32 heavy (non-hydrogen) atoms. The van der Waals surface area contributed by atoms with Crippen LogP contribution in [0.2, 0.25) is 0 Å². The minimum absolute atomic E-state index is 0.104. The second-order valence-corrected chi connectivity index (χ2v) is 9.46. The van der Waals surface area contributed by atoms with Crippen LogP contribution in [0.5, 0.6) is 0 Å². The van der Waals surface area contributed by atoms with E-state index in [4.69, 9.17) is 14.2 Å². The van der Waals surface area contributed by atoms with Crippen LogP contribution in [0.4, 0.5) is 5.00 Å². The van der Waals surface area contributed by atoms with Crippen LogP contribution in [0.15, 0.2) is 17.5 Å². The van der Waals surface area contributed by atoms with Gasteiger partial charge in [-0.05, 0) is 43.7 Å². The number of nitrogens with one attached hydrogen (secondary N) is 1. The van der Waals surface area contributed by atoms with Crippen molar-refractivity contribution < 1.29 is 28.6 Å². The Bertz CT molecular complexity index is 935. The number of methoxy groups -OCH3 is 1. The lowest BCUT2D eigenvalue weighted by Gasteiger charge is -2.24. The highest BCUT2D eigenvalue weighted by Gasteiger charge is 2.28. The summed E-state index contributed by atoms with van der Waals surface area (Å²) in [4.78, 5) is 41.1. The quantitative estimate of drug-likeness (QED) is 0.518. The topological polar surface area (TPSA) is 94.2 Å². The van der Waals surface area contributed by atoms with Gasteiger partial charge in [0.15, 0.2) is 0 Å². The van der Waals surface area contributed by atoms with E-state index in [0.717, 1.165) is 35.7 Å². The van der Waals surface area contributed by atoms with Crippen molar-refractivity contribution in [3.8, 4) is 0 Å². The summed E-state index contributed by atoms with van der Waals surface area (Å²) in [6.45, 7) is 5.68. The molecule has 0 saturated carbocycles. The third kappa shape index (κ3) is 6.16. The minimum Gasteiger partial charge on any atom is -0.465 e. The molecular formula is C22H28N2O6S2. The number of hydrogen-bond acceptors (Lipinski definition) is 9. The summed E-state index contributed by atoms with van der Waals surface area (Å²) < 4.78 is 15.7. The molecule has 0 aliphatic carbocycles. The van der Waals surface area contributed by atoms with Crippen LogP contribution >= 0.6 is 22.7 Å². The highest BCUT2D eigenvalue weighted by atomic mass is 32.1. The van der Waals surface area contributed by atoms with Crippen molar-refractivity contribution in [3.05, 3.63) is 38.4 Å². The molecule has 1 aliphatic rings. The molecule has 1 N–H and O–H groups in total. The number of thiophene rings is 2. The lowest BCUT2D eigenvalue weighted by atomic mass is 10.1. The summed E-state index contributed by atoms with van der Waals surface area (Å²) in [5.41, 5.74) is 0.625. The van der Waals surface area contributed by atoms with Gasteiger partial charge in [-0.1, -0.05) is 6.07 Å². The Balaban J connectivity index is 1.77. The summed E-state index contributed by atoms with van der Waals surface area (Å²) in [6.07, 6.45) is 2.10. The fraction of sp³-hybridized carbons (Fsp3) is 0.500. The predicted octanol–water partition coefficient (Wildman–Crippen LogP) is 3.70. The fourth-order valence-electron chi connectivity index (χ4n) is 3.59. The van der Waals surface area contributed by atoms with E-state index in [2.05, 4.69) is 5.32 Å². The van der Waals surface area contributed by atoms with E-state index in [1.807, 2.05) is 22.4 Å². The number of hydrogen-bond donors (Lipinski definition) is 1. The lowest BCUT2D eigenvalue weighted by molar-refractivity contribution is -0.117. The first-order valence-corrected chi connectivity index (χ1v) is 12.2. The van der Waals surface area contributed by atoms with Gasteiger partial charge in [0.05, 0.1) is 31.9 Å². The van der Waals surface area contributed by atoms with Gasteiger partial charge in [0, 0.05) is 24.6 Å². The molecule has 0 bridgehead atoms. The van der Waals surface area contributed by atoms with Crippen molar-refractivity contribution in [2.45, 2.75) is 39.3 Å². The van der Waals surface area contributed by atoms with Crippen molar-refractivity contribution in [2.24, 2.45) is 0 Å². The predicted molar refractivity (Wildman–Crippen MR) is 124 cm³/mol. The zero-order valence-electron chi connectivity index (χ0n) is 18.5. The molecule has 3 rings (SSSR count). The molecular weight excluding hydrogens is 452 g/mol. The van der Waals surface area contributed by atoms with Crippen LogP contribution in [0.1, 0.15) is 50.2 Å². The van der Waals surface area contributed by atoms with Gasteiger partial charge in [-0.25, -0.2) is 9.59 Å². The van der Waals surface area contributed by atoms with Crippen LogP contribution < -0.4 is 5.32 Å². The molecule has 0 radical (unpaired) electrons. The number of anilines is 1. The summed E-state index contributed by atoms with van der Waals surface area (Å²) in [5.74, 6) is -1.42. The summed E-state index contributed by atoms with van der Waals surface area (Å²) in [6, 6.07) is 4.02. The maximum absolute atomic E-state index is 13.0. The van der Waals surface area contributed by atoms with Gasteiger partial charge < -0.3 is 19.5 Å². The van der Waals surface area contributed by atoms with Crippen LogP contribution in [0.25, 0.3) is 0 Å². The molecule has 2 aromatic rings.